The molecule has 0 spiro atoms. The van der Waals surface area contributed by atoms with Crippen molar-refractivity contribution < 1.29 is 9.50 Å². The average Bonchev–Trinajstić information content (AvgIpc) is 3.12. The lowest BCUT2D eigenvalue weighted by atomic mass is 9.82. The second-order valence-electron chi connectivity index (χ2n) is 6.60. The molecule has 116 valence electrons. The Morgan fingerprint density at radius 3 is 2.91 bits per heavy atom. The van der Waals surface area contributed by atoms with E-state index >= 15 is 0 Å². The highest BCUT2D eigenvalue weighted by Gasteiger charge is 2.34. The zero-order chi connectivity index (χ0) is 15.1. The van der Waals surface area contributed by atoms with E-state index < -0.39 is 0 Å². The molecule has 2 heterocycles. The van der Waals surface area contributed by atoms with Crippen LogP contribution >= 0.6 is 0 Å². The van der Waals surface area contributed by atoms with Crippen LogP contribution in [0.4, 0.5) is 4.39 Å². The third-order valence-corrected chi connectivity index (χ3v) is 5.32. The molecular weight excluding hydrogens is 279 g/mol. The van der Waals surface area contributed by atoms with E-state index in [0.29, 0.717) is 12.3 Å². The van der Waals surface area contributed by atoms with Crippen molar-refractivity contribution in [1.29, 1.82) is 0 Å². The number of nitrogens with zero attached hydrogens (tertiary/aromatic N) is 2. The standard InChI is InChI=1S/C18H21FN2O/c19-14-8-4-7-13-16-10-20-11-21(16)15(18(13)14)9-17(22)12-5-2-1-3-6-12/h4,7-8,10-12,15,17,22H,1-3,5-6,9H2/t15-,17+/m0/s1. The second-order valence-corrected chi connectivity index (χ2v) is 6.60. The van der Waals surface area contributed by atoms with Gasteiger partial charge in [0.2, 0.25) is 0 Å². The number of imidazole rings is 1. The molecule has 0 radical (unpaired) electrons. The Kier molecular flexibility index (Phi) is 3.49. The molecule has 1 aliphatic heterocycles. The zero-order valence-electron chi connectivity index (χ0n) is 12.6. The maximum Gasteiger partial charge on any atom is 0.129 e. The Hall–Kier alpha value is -1.68. The van der Waals surface area contributed by atoms with Crippen LogP contribution in [0.3, 0.4) is 0 Å². The Morgan fingerprint density at radius 1 is 1.27 bits per heavy atom. The molecule has 3 nitrogen and oxygen atoms in total. The number of aromatic nitrogens is 2. The summed E-state index contributed by atoms with van der Waals surface area (Å²) in [6, 6.07) is 5.06. The van der Waals surface area contributed by atoms with E-state index in [-0.39, 0.29) is 18.0 Å². The summed E-state index contributed by atoms with van der Waals surface area (Å²) in [5.74, 6) is 0.179. The molecule has 2 aromatic rings. The number of hydrogen-bond donors (Lipinski definition) is 1. The number of hydrogen-bond acceptors (Lipinski definition) is 2. The summed E-state index contributed by atoms with van der Waals surface area (Å²) in [7, 11) is 0. The monoisotopic (exact) mass is 300 g/mol. The topological polar surface area (TPSA) is 38.1 Å². The van der Waals surface area contributed by atoms with E-state index in [1.54, 1.807) is 18.6 Å². The van der Waals surface area contributed by atoms with Crippen molar-refractivity contribution in [2.75, 3.05) is 0 Å². The smallest absolute Gasteiger partial charge is 0.129 e. The van der Waals surface area contributed by atoms with E-state index in [4.69, 9.17) is 0 Å². The zero-order valence-corrected chi connectivity index (χ0v) is 12.6. The molecule has 1 saturated carbocycles. The van der Waals surface area contributed by atoms with Crippen LogP contribution in [0.5, 0.6) is 0 Å². The molecule has 2 aliphatic rings. The average molecular weight is 300 g/mol. The van der Waals surface area contributed by atoms with Gasteiger partial charge in [0.1, 0.15) is 5.82 Å². The van der Waals surface area contributed by atoms with Crippen molar-refractivity contribution in [1.82, 2.24) is 9.55 Å². The molecule has 2 atom stereocenters. The number of fused-ring (bicyclic) bond motifs is 3. The van der Waals surface area contributed by atoms with Crippen molar-refractivity contribution in [2.24, 2.45) is 5.92 Å². The lowest BCUT2D eigenvalue weighted by Gasteiger charge is -2.29. The van der Waals surface area contributed by atoms with Crippen LogP contribution in [0.2, 0.25) is 0 Å². The summed E-state index contributed by atoms with van der Waals surface area (Å²) in [5, 5.41) is 10.7. The van der Waals surface area contributed by atoms with Gasteiger partial charge in [-0.2, -0.15) is 0 Å². The van der Waals surface area contributed by atoms with E-state index in [0.717, 1.165) is 29.7 Å². The fraction of sp³-hybridized carbons (Fsp3) is 0.500. The van der Waals surface area contributed by atoms with Gasteiger partial charge in [-0.15, -0.1) is 0 Å². The number of aliphatic hydroxyl groups is 1. The number of benzene rings is 1. The molecular formula is C18H21FN2O. The van der Waals surface area contributed by atoms with Crippen LogP contribution in [0.15, 0.2) is 30.7 Å². The van der Waals surface area contributed by atoms with Gasteiger partial charge in [0.15, 0.2) is 0 Å². The minimum atomic E-state index is -0.369. The van der Waals surface area contributed by atoms with Gasteiger partial charge in [0.25, 0.3) is 0 Å². The lowest BCUT2D eigenvalue weighted by molar-refractivity contribution is 0.0683. The first-order valence-electron chi connectivity index (χ1n) is 8.24. The van der Waals surface area contributed by atoms with Crippen LogP contribution in [0, 0.1) is 11.7 Å². The molecule has 0 unspecified atom stereocenters. The Morgan fingerprint density at radius 2 is 2.09 bits per heavy atom. The third-order valence-electron chi connectivity index (χ3n) is 5.32. The van der Waals surface area contributed by atoms with E-state index in [1.165, 1.54) is 25.3 Å². The van der Waals surface area contributed by atoms with Crippen molar-refractivity contribution in [3.63, 3.8) is 0 Å². The van der Waals surface area contributed by atoms with Crippen LogP contribution in [-0.2, 0) is 0 Å². The summed E-state index contributed by atoms with van der Waals surface area (Å²) in [6.45, 7) is 0. The van der Waals surface area contributed by atoms with Crippen LogP contribution < -0.4 is 0 Å². The predicted molar refractivity (Wildman–Crippen MR) is 83.0 cm³/mol. The van der Waals surface area contributed by atoms with Gasteiger partial charge >= 0.3 is 0 Å². The molecule has 22 heavy (non-hydrogen) atoms. The van der Waals surface area contributed by atoms with Gasteiger partial charge in [-0.25, -0.2) is 9.37 Å². The van der Waals surface area contributed by atoms with Crippen LogP contribution in [0.25, 0.3) is 11.3 Å². The summed E-state index contributed by atoms with van der Waals surface area (Å²) in [5.41, 5.74) is 2.59. The first-order chi connectivity index (χ1) is 10.8. The van der Waals surface area contributed by atoms with Crippen LogP contribution in [-0.4, -0.2) is 20.8 Å². The maximum absolute atomic E-state index is 14.4. The fourth-order valence-corrected chi connectivity index (χ4v) is 4.17. The molecule has 0 bridgehead atoms. The molecule has 1 N–H and O–H groups in total. The fourth-order valence-electron chi connectivity index (χ4n) is 4.17. The van der Waals surface area contributed by atoms with Gasteiger partial charge in [0, 0.05) is 11.1 Å². The summed E-state index contributed by atoms with van der Waals surface area (Å²) >= 11 is 0. The van der Waals surface area contributed by atoms with E-state index in [1.807, 2.05) is 10.6 Å². The van der Waals surface area contributed by atoms with Crippen molar-refractivity contribution in [3.8, 4) is 11.3 Å². The number of rotatable bonds is 3. The molecule has 4 rings (SSSR count). The number of halogens is 1. The van der Waals surface area contributed by atoms with E-state index in [9.17, 15) is 9.50 Å². The highest BCUT2D eigenvalue weighted by molar-refractivity contribution is 5.69. The van der Waals surface area contributed by atoms with Gasteiger partial charge in [-0.1, -0.05) is 31.4 Å². The Bertz CT molecular complexity index is 675. The first-order valence-corrected chi connectivity index (χ1v) is 8.24. The van der Waals surface area contributed by atoms with E-state index in [2.05, 4.69) is 4.98 Å². The Labute approximate surface area is 129 Å². The highest BCUT2D eigenvalue weighted by atomic mass is 19.1. The van der Waals surface area contributed by atoms with Gasteiger partial charge < -0.3 is 9.67 Å². The number of aliphatic hydroxyl groups excluding tert-OH is 1. The normalized spacial score (nSPS) is 22.4. The third kappa shape index (κ3) is 2.17. The maximum atomic E-state index is 14.4. The van der Waals surface area contributed by atoms with Crippen molar-refractivity contribution in [2.45, 2.75) is 50.7 Å². The minimum absolute atomic E-state index is 0.134. The molecule has 1 aromatic heterocycles. The lowest BCUT2D eigenvalue weighted by Crippen LogP contribution is -2.26. The van der Waals surface area contributed by atoms with Crippen molar-refractivity contribution >= 4 is 0 Å². The largest absolute Gasteiger partial charge is 0.393 e. The summed E-state index contributed by atoms with van der Waals surface area (Å²) in [6.07, 6.45) is 9.60. The van der Waals surface area contributed by atoms with Crippen molar-refractivity contribution in [3.05, 3.63) is 42.1 Å². The van der Waals surface area contributed by atoms with Gasteiger partial charge in [-0.3, -0.25) is 0 Å². The molecule has 1 aliphatic carbocycles. The minimum Gasteiger partial charge on any atom is -0.393 e. The molecule has 1 fully saturated rings. The molecule has 4 heteroatoms. The van der Waals surface area contributed by atoms with Gasteiger partial charge in [-0.05, 0) is 31.2 Å². The van der Waals surface area contributed by atoms with Crippen LogP contribution in [0.1, 0.15) is 50.1 Å². The second kappa shape index (κ2) is 5.51. The highest BCUT2D eigenvalue weighted by Crippen LogP contribution is 2.43. The molecule has 1 aromatic carbocycles. The summed E-state index contributed by atoms with van der Waals surface area (Å²) < 4.78 is 16.4. The molecule has 0 amide bonds. The first kappa shape index (κ1) is 13.9. The van der Waals surface area contributed by atoms with Gasteiger partial charge in [0.05, 0.1) is 30.4 Å². The SMILES string of the molecule is O[C@H](C[C@H]1c2c(F)cccc2-c2cncn21)C1CCCCC1. The Balaban J connectivity index is 1.65. The predicted octanol–water partition coefficient (Wildman–Crippen LogP) is 3.92. The quantitative estimate of drug-likeness (QED) is 0.933. The molecule has 0 saturated heterocycles. The summed E-state index contributed by atoms with van der Waals surface area (Å²) in [4.78, 5) is 4.20.